The van der Waals surface area contributed by atoms with Crippen LogP contribution in [0.2, 0.25) is 0 Å². The molecule has 14 heavy (non-hydrogen) atoms. The SMILES string of the molecule is CNCCCN1C(=O)CCOCC1C. The van der Waals surface area contributed by atoms with E-state index in [1.807, 2.05) is 18.9 Å². The number of hydrogen-bond donors (Lipinski definition) is 1. The van der Waals surface area contributed by atoms with Crippen molar-refractivity contribution in [3.05, 3.63) is 0 Å². The number of ether oxygens (including phenoxy) is 1. The summed E-state index contributed by atoms with van der Waals surface area (Å²) in [5.74, 6) is 0.228. The van der Waals surface area contributed by atoms with Crippen LogP contribution in [-0.2, 0) is 9.53 Å². The second-order valence-electron chi connectivity index (χ2n) is 3.72. The van der Waals surface area contributed by atoms with Crippen molar-refractivity contribution in [2.45, 2.75) is 25.8 Å². The fourth-order valence-corrected chi connectivity index (χ4v) is 1.66. The van der Waals surface area contributed by atoms with Crippen LogP contribution in [0.5, 0.6) is 0 Å². The van der Waals surface area contributed by atoms with Gasteiger partial charge in [0.05, 0.1) is 25.7 Å². The monoisotopic (exact) mass is 200 g/mol. The van der Waals surface area contributed by atoms with Crippen molar-refractivity contribution in [2.75, 3.05) is 33.4 Å². The van der Waals surface area contributed by atoms with Gasteiger partial charge in [-0.3, -0.25) is 4.79 Å². The molecule has 1 saturated heterocycles. The summed E-state index contributed by atoms with van der Waals surface area (Å²) in [4.78, 5) is 13.6. The Hall–Kier alpha value is -0.610. The molecule has 0 aromatic carbocycles. The number of hydrogen-bond acceptors (Lipinski definition) is 3. The van der Waals surface area contributed by atoms with E-state index in [0.717, 1.165) is 19.5 Å². The first kappa shape index (κ1) is 11.5. The molecule has 0 spiro atoms. The van der Waals surface area contributed by atoms with Gasteiger partial charge in [-0.15, -0.1) is 0 Å². The number of carbonyl (C=O) groups excluding carboxylic acids is 1. The number of nitrogens with zero attached hydrogens (tertiary/aromatic N) is 1. The zero-order chi connectivity index (χ0) is 10.4. The molecule has 4 heteroatoms. The maximum absolute atomic E-state index is 11.6. The maximum Gasteiger partial charge on any atom is 0.225 e. The molecule has 1 heterocycles. The number of amides is 1. The molecular weight excluding hydrogens is 180 g/mol. The van der Waals surface area contributed by atoms with E-state index in [2.05, 4.69) is 5.32 Å². The van der Waals surface area contributed by atoms with Gasteiger partial charge >= 0.3 is 0 Å². The largest absolute Gasteiger partial charge is 0.379 e. The molecule has 0 radical (unpaired) electrons. The van der Waals surface area contributed by atoms with Crippen LogP contribution in [-0.4, -0.2) is 50.2 Å². The molecule has 1 aliphatic heterocycles. The van der Waals surface area contributed by atoms with E-state index in [9.17, 15) is 4.79 Å². The Bertz CT molecular complexity index is 185. The topological polar surface area (TPSA) is 41.6 Å². The average Bonchev–Trinajstić information content (AvgIpc) is 2.32. The highest BCUT2D eigenvalue weighted by Crippen LogP contribution is 2.08. The van der Waals surface area contributed by atoms with Crippen LogP contribution in [0.1, 0.15) is 19.8 Å². The van der Waals surface area contributed by atoms with Gasteiger partial charge in [0.2, 0.25) is 5.91 Å². The van der Waals surface area contributed by atoms with Crippen molar-refractivity contribution < 1.29 is 9.53 Å². The van der Waals surface area contributed by atoms with E-state index in [1.54, 1.807) is 0 Å². The lowest BCUT2D eigenvalue weighted by atomic mass is 10.2. The molecule has 0 aromatic heterocycles. The van der Waals surface area contributed by atoms with Gasteiger partial charge < -0.3 is 15.0 Å². The highest BCUT2D eigenvalue weighted by atomic mass is 16.5. The molecule has 1 N–H and O–H groups in total. The standard InChI is InChI=1S/C10H20N2O2/c1-9-8-14-7-4-10(13)12(9)6-3-5-11-2/h9,11H,3-8H2,1-2H3. The van der Waals surface area contributed by atoms with Crippen LogP contribution < -0.4 is 5.32 Å². The Morgan fingerprint density at radius 1 is 1.64 bits per heavy atom. The van der Waals surface area contributed by atoms with E-state index in [-0.39, 0.29) is 11.9 Å². The molecule has 4 nitrogen and oxygen atoms in total. The molecular formula is C10H20N2O2. The Morgan fingerprint density at radius 3 is 3.14 bits per heavy atom. The fourth-order valence-electron chi connectivity index (χ4n) is 1.66. The van der Waals surface area contributed by atoms with Crippen LogP contribution in [0, 0.1) is 0 Å². The predicted octanol–water partition coefficient (Wildman–Crippen LogP) is 0.233. The lowest BCUT2D eigenvalue weighted by Gasteiger charge is -2.26. The van der Waals surface area contributed by atoms with Gasteiger partial charge in [0.1, 0.15) is 0 Å². The molecule has 0 aliphatic carbocycles. The summed E-state index contributed by atoms with van der Waals surface area (Å²) in [5.41, 5.74) is 0. The molecule has 0 aromatic rings. The quantitative estimate of drug-likeness (QED) is 0.661. The summed E-state index contributed by atoms with van der Waals surface area (Å²) in [7, 11) is 1.93. The number of nitrogens with one attached hydrogen (secondary N) is 1. The van der Waals surface area contributed by atoms with Gasteiger partial charge in [-0.1, -0.05) is 0 Å². The van der Waals surface area contributed by atoms with Crippen LogP contribution in [0.25, 0.3) is 0 Å². The van der Waals surface area contributed by atoms with Crippen LogP contribution in [0.15, 0.2) is 0 Å². The molecule has 0 saturated carbocycles. The van der Waals surface area contributed by atoms with Crippen molar-refractivity contribution in [3.8, 4) is 0 Å². The van der Waals surface area contributed by atoms with E-state index in [4.69, 9.17) is 4.74 Å². The zero-order valence-corrected chi connectivity index (χ0v) is 9.08. The van der Waals surface area contributed by atoms with Crippen molar-refractivity contribution in [2.24, 2.45) is 0 Å². The van der Waals surface area contributed by atoms with E-state index in [0.29, 0.717) is 19.6 Å². The molecule has 1 aliphatic rings. The zero-order valence-electron chi connectivity index (χ0n) is 9.08. The van der Waals surface area contributed by atoms with Gasteiger partial charge in [0.25, 0.3) is 0 Å². The Morgan fingerprint density at radius 2 is 2.43 bits per heavy atom. The van der Waals surface area contributed by atoms with Crippen molar-refractivity contribution in [1.82, 2.24) is 10.2 Å². The fraction of sp³-hybridized carbons (Fsp3) is 0.900. The normalized spacial score (nSPS) is 23.7. The minimum absolute atomic E-state index is 0.224. The average molecular weight is 200 g/mol. The van der Waals surface area contributed by atoms with Gasteiger partial charge in [0, 0.05) is 6.54 Å². The van der Waals surface area contributed by atoms with Crippen LogP contribution in [0.4, 0.5) is 0 Å². The number of carbonyl (C=O) groups is 1. The second-order valence-corrected chi connectivity index (χ2v) is 3.72. The summed E-state index contributed by atoms with van der Waals surface area (Å²) in [6, 6.07) is 0.224. The molecule has 1 rings (SSSR count). The third kappa shape index (κ3) is 3.27. The highest BCUT2D eigenvalue weighted by molar-refractivity contribution is 5.76. The molecule has 1 unspecified atom stereocenters. The molecule has 1 amide bonds. The van der Waals surface area contributed by atoms with Gasteiger partial charge in [-0.05, 0) is 26.9 Å². The predicted molar refractivity (Wildman–Crippen MR) is 55.2 cm³/mol. The summed E-state index contributed by atoms with van der Waals surface area (Å²) < 4.78 is 5.34. The van der Waals surface area contributed by atoms with Gasteiger partial charge in [-0.25, -0.2) is 0 Å². The Balaban J connectivity index is 2.39. The molecule has 1 atom stereocenters. The van der Waals surface area contributed by atoms with E-state index in [1.165, 1.54) is 0 Å². The van der Waals surface area contributed by atoms with Crippen LogP contribution >= 0.6 is 0 Å². The summed E-state index contributed by atoms with van der Waals surface area (Å²) in [5, 5.41) is 3.08. The van der Waals surface area contributed by atoms with Crippen LogP contribution in [0.3, 0.4) is 0 Å². The van der Waals surface area contributed by atoms with E-state index < -0.39 is 0 Å². The van der Waals surface area contributed by atoms with Crippen molar-refractivity contribution in [1.29, 1.82) is 0 Å². The molecule has 0 bridgehead atoms. The summed E-state index contributed by atoms with van der Waals surface area (Å²) in [6.45, 7) is 5.08. The van der Waals surface area contributed by atoms with Gasteiger partial charge in [0.15, 0.2) is 0 Å². The first-order chi connectivity index (χ1) is 6.75. The second kappa shape index (κ2) is 5.98. The third-order valence-electron chi connectivity index (χ3n) is 2.50. The van der Waals surface area contributed by atoms with Crippen molar-refractivity contribution >= 4 is 5.91 Å². The first-order valence-electron chi connectivity index (χ1n) is 5.27. The minimum Gasteiger partial charge on any atom is -0.379 e. The lowest BCUT2D eigenvalue weighted by molar-refractivity contribution is -0.132. The summed E-state index contributed by atoms with van der Waals surface area (Å²) in [6.07, 6.45) is 1.54. The van der Waals surface area contributed by atoms with E-state index >= 15 is 0 Å². The lowest BCUT2D eigenvalue weighted by Crippen LogP contribution is -2.40. The summed E-state index contributed by atoms with van der Waals surface area (Å²) >= 11 is 0. The van der Waals surface area contributed by atoms with Gasteiger partial charge in [-0.2, -0.15) is 0 Å². The minimum atomic E-state index is 0.224. The maximum atomic E-state index is 11.6. The molecule has 1 fully saturated rings. The smallest absolute Gasteiger partial charge is 0.225 e. The Labute approximate surface area is 85.6 Å². The third-order valence-corrected chi connectivity index (χ3v) is 2.50. The van der Waals surface area contributed by atoms with Crippen molar-refractivity contribution in [3.63, 3.8) is 0 Å². The highest BCUT2D eigenvalue weighted by Gasteiger charge is 2.22. The number of rotatable bonds is 4. The molecule has 82 valence electrons. The first-order valence-corrected chi connectivity index (χ1v) is 5.27. The Kier molecular flexibility index (Phi) is 4.90.